The Bertz CT molecular complexity index is 530. The summed E-state index contributed by atoms with van der Waals surface area (Å²) in [6.07, 6.45) is 1.78. The fourth-order valence-electron chi connectivity index (χ4n) is 1.62. The fourth-order valence-corrected chi connectivity index (χ4v) is 1.62. The van der Waals surface area contributed by atoms with Crippen LogP contribution in [0.15, 0.2) is 46.2 Å². The summed E-state index contributed by atoms with van der Waals surface area (Å²) in [6.45, 7) is 0. The number of oxime groups is 1. The molecule has 5 heteroatoms. The first-order valence-electron chi connectivity index (χ1n) is 5.04. The van der Waals surface area contributed by atoms with Crippen LogP contribution in [0.5, 0.6) is 0 Å². The first-order valence-corrected chi connectivity index (χ1v) is 5.04. The van der Waals surface area contributed by atoms with Gasteiger partial charge in [0.1, 0.15) is 5.71 Å². The summed E-state index contributed by atoms with van der Waals surface area (Å²) in [5.74, 6) is -0.449. The van der Waals surface area contributed by atoms with Crippen LogP contribution in [0.2, 0.25) is 0 Å². The van der Waals surface area contributed by atoms with Crippen LogP contribution in [0.4, 0.5) is 0 Å². The average molecular weight is 229 g/mol. The Kier molecular flexibility index (Phi) is 3.00. The lowest BCUT2D eigenvalue weighted by Gasteiger charge is -1.98. The second kappa shape index (κ2) is 4.61. The molecule has 2 N–H and O–H groups in total. The summed E-state index contributed by atoms with van der Waals surface area (Å²) in [5.41, 5.74) is 1.77. The predicted octanol–water partition coefficient (Wildman–Crippen LogP) is 1.06. The number of aliphatic imine (C=N–C) groups is 1. The normalized spacial score (nSPS) is 22.4. The number of allylic oxidation sites excluding steroid dienone is 1. The highest BCUT2D eigenvalue weighted by Gasteiger charge is 2.30. The SMILES string of the molecule is CN=C1C(=Cc2ccccc2)NC(=O)C1=NO. The number of hydrogen-bond acceptors (Lipinski definition) is 4. The summed E-state index contributed by atoms with van der Waals surface area (Å²) >= 11 is 0. The van der Waals surface area contributed by atoms with Gasteiger partial charge < -0.3 is 10.5 Å². The van der Waals surface area contributed by atoms with E-state index in [0.29, 0.717) is 11.4 Å². The maximum atomic E-state index is 11.5. The molecule has 0 atom stereocenters. The standard InChI is InChI=1S/C12H11N3O2/c1-13-10-9(14-12(16)11(10)15-17)7-8-5-3-2-4-6-8/h2-7,17H,1H3,(H,14,16). The van der Waals surface area contributed by atoms with Crippen molar-refractivity contribution in [3.05, 3.63) is 41.6 Å². The first-order chi connectivity index (χ1) is 8.26. The molecule has 2 rings (SSSR count). The van der Waals surface area contributed by atoms with Gasteiger partial charge >= 0.3 is 0 Å². The van der Waals surface area contributed by atoms with Gasteiger partial charge in [-0.25, -0.2) is 0 Å². The number of carbonyl (C=O) groups is 1. The Morgan fingerprint density at radius 2 is 1.94 bits per heavy atom. The van der Waals surface area contributed by atoms with Crippen molar-refractivity contribution in [3.8, 4) is 0 Å². The first kappa shape index (κ1) is 11.1. The van der Waals surface area contributed by atoms with E-state index >= 15 is 0 Å². The molecule has 0 radical (unpaired) electrons. The highest BCUT2D eigenvalue weighted by atomic mass is 16.4. The number of nitrogens with one attached hydrogen (secondary N) is 1. The smallest absolute Gasteiger partial charge is 0.280 e. The van der Waals surface area contributed by atoms with E-state index in [0.717, 1.165) is 5.56 Å². The quantitative estimate of drug-likeness (QED) is 0.558. The van der Waals surface area contributed by atoms with Crippen molar-refractivity contribution in [2.75, 3.05) is 7.05 Å². The summed E-state index contributed by atoms with van der Waals surface area (Å²) in [4.78, 5) is 15.4. The van der Waals surface area contributed by atoms with Crippen molar-refractivity contribution in [2.24, 2.45) is 10.1 Å². The van der Waals surface area contributed by atoms with Gasteiger partial charge in [-0.2, -0.15) is 0 Å². The molecule has 1 aliphatic rings. The molecule has 0 unspecified atom stereocenters. The summed E-state index contributed by atoms with van der Waals surface area (Å²) < 4.78 is 0. The van der Waals surface area contributed by atoms with E-state index in [1.807, 2.05) is 30.3 Å². The fraction of sp³-hybridized carbons (Fsp3) is 0.0833. The van der Waals surface area contributed by atoms with Gasteiger partial charge in [0.2, 0.25) is 0 Å². The van der Waals surface area contributed by atoms with Crippen LogP contribution >= 0.6 is 0 Å². The van der Waals surface area contributed by atoms with E-state index in [9.17, 15) is 4.79 Å². The highest BCUT2D eigenvalue weighted by Crippen LogP contribution is 2.12. The molecule has 1 aromatic rings. The molecule has 0 aromatic heterocycles. The van der Waals surface area contributed by atoms with Crippen molar-refractivity contribution in [1.82, 2.24) is 5.32 Å². The van der Waals surface area contributed by atoms with Crippen LogP contribution in [-0.4, -0.2) is 29.6 Å². The lowest BCUT2D eigenvalue weighted by atomic mass is 10.1. The Morgan fingerprint density at radius 3 is 2.53 bits per heavy atom. The molecule has 1 heterocycles. The van der Waals surface area contributed by atoms with Gasteiger partial charge in [-0.3, -0.25) is 9.79 Å². The molecule has 1 aliphatic heterocycles. The molecular weight excluding hydrogens is 218 g/mol. The predicted molar refractivity (Wildman–Crippen MR) is 65.1 cm³/mol. The highest BCUT2D eigenvalue weighted by molar-refractivity contribution is 6.74. The van der Waals surface area contributed by atoms with Gasteiger partial charge in [-0.1, -0.05) is 35.5 Å². The van der Waals surface area contributed by atoms with Gasteiger partial charge in [0.25, 0.3) is 5.91 Å². The molecule has 1 saturated heterocycles. The van der Waals surface area contributed by atoms with Crippen LogP contribution in [0.25, 0.3) is 6.08 Å². The lowest BCUT2D eigenvalue weighted by Crippen LogP contribution is -2.19. The minimum atomic E-state index is -0.449. The van der Waals surface area contributed by atoms with Gasteiger partial charge in [0.05, 0.1) is 5.70 Å². The molecule has 1 aromatic carbocycles. The monoisotopic (exact) mass is 229 g/mol. The van der Waals surface area contributed by atoms with Crippen molar-refractivity contribution in [1.29, 1.82) is 0 Å². The Balaban J connectivity index is 2.42. The molecule has 1 amide bonds. The van der Waals surface area contributed by atoms with Gasteiger partial charge in [-0.15, -0.1) is 0 Å². The zero-order chi connectivity index (χ0) is 12.3. The van der Waals surface area contributed by atoms with Crippen LogP contribution in [-0.2, 0) is 4.79 Å². The topological polar surface area (TPSA) is 74.0 Å². The lowest BCUT2D eigenvalue weighted by molar-refractivity contribution is -0.113. The third-order valence-electron chi connectivity index (χ3n) is 2.38. The number of rotatable bonds is 1. The molecule has 0 spiro atoms. The van der Waals surface area contributed by atoms with E-state index in [4.69, 9.17) is 5.21 Å². The van der Waals surface area contributed by atoms with Crippen molar-refractivity contribution in [2.45, 2.75) is 0 Å². The van der Waals surface area contributed by atoms with E-state index in [-0.39, 0.29) is 5.71 Å². The van der Waals surface area contributed by atoms with Gasteiger partial charge in [-0.05, 0) is 11.6 Å². The van der Waals surface area contributed by atoms with E-state index < -0.39 is 5.91 Å². The maximum Gasteiger partial charge on any atom is 0.280 e. The van der Waals surface area contributed by atoms with Crippen molar-refractivity contribution >= 4 is 23.4 Å². The second-order valence-electron chi connectivity index (χ2n) is 3.44. The number of nitrogens with zero attached hydrogens (tertiary/aromatic N) is 2. The van der Waals surface area contributed by atoms with Crippen molar-refractivity contribution < 1.29 is 10.0 Å². The number of carbonyl (C=O) groups excluding carboxylic acids is 1. The summed E-state index contributed by atoms with van der Waals surface area (Å²) in [7, 11) is 1.54. The molecule has 5 nitrogen and oxygen atoms in total. The van der Waals surface area contributed by atoms with Gasteiger partial charge in [0, 0.05) is 7.05 Å². The van der Waals surface area contributed by atoms with E-state index in [1.165, 1.54) is 0 Å². The number of benzene rings is 1. The summed E-state index contributed by atoms with van der Waals surface area (Å²) in [6, 6.07) is 9.51. The molecule has 0 saturated carbocycles. The minimum absolute atomic E-state index is 0.0605. The molecule has 17 heavy (non-hydrogen) atoms. The molecule has 0 aliphatic carbocycles. The van der Waals surface area contributed by atoms with Gasteiger partial charge in [0.15, 0.2) is 5.71 Å². The van der Waals surface area contributed by atoms with Crippen LogP contribution < -0.4 is 5.32 Å². The van der Waals surface area contributed by atoms with Crippen LogP contribution in [0, 0.1) is 0 Å². The largest absolute Gasteiger partial charge is 0.410 e. The summed E-state index contributed by atoms with van der Waals surface area (Å²) in [5, 5.41) is 14.3. The maximum absolute atomic E-state index is 11.5. The molecular formula is C12H11N3O2. The zero-order valence-electron chi connectivity index (χ0n) is 9.21. The number of hydrogen-bond donors (Lipinski definition) is 2. The second-order valence-corrected chi connectivity index (χ2v) is 3.44. The Labute approximate surface area is 98.2 Å². The minimum Gasteiger partial charge on any atom is -0.410 e. The van der Waals surface area contributed by atoms with Crippen LogP contribution in [0.3, 0.4) is 0 Å². The van der Waals surface area contributed by atoms with Crippen LogP contribution in [0.1, 0.15) is 5.56 Å². The van der Waals surface area contributed by atoms with Crippen molar-refractivity contribution in [3.63, 3.8) is 0 Å². The Hall–Kier alpha value is -2.43. The zero-order valence-corrected chi connectivity index (χ0v) is 9.21. The average Bonchev–Trinajstić information content (AvgIpc) is 2.65. The Morgan fingerprint density at radius 1 is 1.24 bits per heavy atom. The third kappa shape index (κ3) is 2.08. The number of amides is 1. The van der Waals surface area contributed by atoms with E-state index in [1.54, 1.807) is 13.1 Å². The molecule has 0 bridgehead atoms. The molecule has 1 fully saturated rings. The van der Waals surface area contributed by atoms with E-state index in [2.05, 4.69) is 15.5 Å². The molecule has 86 valence electrons. The third-order valence-corrected chi connectivity index (χ3v) is 2.38.